The zero-order valence-corrected chi connectivity index (χ0v) is 19.2. The van der Waals surface area contributed by atoms with Gasteiger partial charge in [0.15, 0.2) is 11.5 Å². The number of aryl methyl sites for hydroxylation is 1. The van der Waals surface area contributed by atoms with Gasteiger partial charge in [-0.2, -0.15) is 0 Å². The molecular weight excluding hydrogens is 430 g/mol. The average molecular weight is 458 g/mol. The van der Waals surface area contributed by atoms with Gasteiger partial charge in [0.2, 0.25) is 0 Å². The van der Waals surface area contributed by atoms with E-state index in [2.05, 4.69) is 15.2 Å². The zero-order chi connectivity index (χ0) is 22.5. The third-order valence-electron chi connectivity index (χ3n) is 5.40. The Morgan fingerprint density at radius 1 is 1.19 bits per heavy atom. The predicted octanol–water partition coefficient (Wildman–Crippen LogP) is 3.53. The molecule has 3 aromatic rings. The largest absolute Gasteiger partial charge is 0.493 e. The number of morpholine rings is 1. The molecule has 0 aliphatic carbocycles. The molecule has 1 fully saturated rings. The molecule has 1 saturated heterocycles. The maximum atomic E-state index is 12.9. The number of hydrogen-bond acceptors (Lipinski definition) is 8. The lowest BCUT2D eigenvalue weighted by atomic mass is 10.1. The van der Waals surface area contributed by atoms with Gasteiger partial charge >= 0.3 is 0 Å². The van der Waals surface area contributed by atoms with Gasteiger partial charge in [0.1, 0.15) is 22.2 Å². The highest BCUT2D eigenvalue weighted by Crippen LogP contribution is 2.33. The van der Waals surface area contributed by atoms with E-state index in [-0.39, 0.29) is 11.9 Å². The third kappa shape index (κ3) is 4.95. The lowest BCUT2D eigenvalue weighted by Crippen LogP contribution is -2.43. The van der Waals surface area contributed by atoms with Crippen LogP contribution in [-0.2, 0) is 4.74 Å². The minimum Gasteiger partial charge on any atom is -0.493 e. The third-order valence-corrected chi connectivity index (χ3v) is 6.29. The van der Waals surface area contributed by atoms with E-state index >= 15 is 0 Å². The number of thiazole rings is 1. The van der Waals surface area contributed by atoms with Crippen LogP contribution in [0.2, 0.25) is 0 Å². The van der Waals surface area contributed by atoms with Crippen molar-refractivity contribution < 1.29 is 23.4 Å². The minimum absolute atomic E-state index is 0.0551. The van der Waals surface area contributed by atoms with Crippen molar-refractivity contribution in [3.63, 3.8) is 0 Å². The first kappa shape index (κ1) is 22.3. The van der Waals surface area contributed by atoms with Gasteiger partial charge in [-0.15, -0.1) is 11.3 Å². The van der Waals surface area contributed by atoms with Gasteiger partial charge in [-0.3, -0.25) is 9.69 Å². The molecule has 2 aromatic heterocycles. The van der Waals surface area contributed by atoms with Crippen molar-refractivity contribution in [1.29, 1.82) is 0 Å². The number of benzene rings is 1. The fourth-order valence-corrected chi connectivity index (χ4v) is 4.49. The zero-order valence-electron chi connectivity index (χ0n) is 18.4. The molecule has 170 valence electrons. The second-order valence-electron chi connectivity index (χ2n) is 7.43. The number of carbonyl (C=O) groups is 1. The molecule has 1 N–H and O–H groups in total. The summed E-state index contributed by atoms with van der Waals surface area (Å²) in [7, 11) is 3.19. The molecule has 9 heteroatoms. The number of carbonyl (C=O) groups excluding carboxylic acids is 1. The number of rotatable bonds is 8. The molecule has 0 radical (unpaired) electrons. The fourth-order valence-electron chi connectivity index (χ4n) is 3.69. The first-order chi connectivity index (χ1) is 15.6. The number of nitrogens with zero attached hydrogens (tertiary/aromatic N) is 2. The molecule has 0 bridgehead atoms. The van der Waals surface area contributed by atoms with Crippen molar-refractivity contribution >= 4 is 17.2 Å². The van der Waals surface area contributed by atoms with Gasteiger partial charge in [-0.1, -0.05) is 0 Å². The van der Waals surface area contributed by atoms with Crippen molar-refractivity contribution in [2.45, 2.75) is 13.0 Å². The van der Waals surface area contributed by atoms with Gasteiger partial charge in [-0.25, -0.2) is 4.98 Å². The quantitative estimate of drug-likeness (QED) is 0.554. The van der Waals surface area contributed by atoms with E-state index in [1.165, 1.54) is 11.3 Å². The number of methoxy groups -OCH3 is 2. The molecule has 1 unspecified atom stereocenters. The Bertz CT molecular complexity index is 1060. The Labute approximate surface area is 191 Å². The Morgan fingerprint density at radius 3 is 2.66 bits per heavy atom. The molecule has 1 amide bonds. The number of hydrogen-bond donors (Lipinski definition) is 1. The van der Waals surface area contributed by atoms with Crippen LogP contribution in [0.15, 0.2) is 40.1 Å². The van der Waals surface area contributed by atoms with Gasteiger partial charge in [0, 0.05) is 30.6 Å². The maximum Gasteiger partial charge on any atom is 0.270 e. The molecule has 4 rings (SSSR count). The number of ether oxygens (including phenoxy) is 3. The van der Waals surface area contributed by atoms with Crippen LogP contribution in [0.3, 0.4) is 0 Å². The summed E-state index contributed by atoms with van der Waals surface area (Å²) in [4.78, 5) is 19.7. The lowest BCUT2D eigenvalue weighted by Gasteiger charge is -2.33. The molecule has 1 aliphatic rings. The van der Waals surface area contributed by atoms with Gasteiger partial charge in [0.05, 0.1) is 33.5 Å². The van der Waals surface area contributed by atoms with E-state index in [1.807, 2.05) is 37.3 Å². The summed E-state index contributed by atoms with van der Waals surface area (Å²) in [5.41, 5.74) is 1.25. The smallest absolute Gasteiger partial charge is 0.270 e. The number of aromatic nitrogens is 1. The van der Waals surface area contributed by atoms with Crippen molar-refractivity contribution in [2.24, 2.45) is 0 Å². The first-order valence-corrected chi connectivity index (χ1v) is 11.3. The summed E-state index contributed by atoms with van der Waals surface area (Å²) in [6, 6.07) is 9.44. The van der Waals surface area contributed by atoms with E-state index in [9.17, 15) is 4.79 Å². The van der Waals surface area contributed by atoms with Crippen LogP contribution in [-0.4, -0.2) is 62.9 Å². The second-order valence-corrected chi connectivity index (χ2v) is 8.29. The van der Waals surface area contributed by atoms with E-state index in [4.69, 9.17) is 18.6 Å². The number of furan rings is 1. The molecule has 3 heterocycles. The first-order valence-electron chi connectivity index (χ1n) is 10.4. The normalized spacial score (nSPS) is 15.3. The highest BCUT2D eigenvalue weighted by atomic mass is 32.1. The van der Waals surface area contributed by atoms with Crippen molar-refractivity contribution in [3.05, 3.63) is 52.9 Å². The monoisotopic (exact) mass is 457 g/mol. The molecule has 0 saturated carbocycles. The van der Waals surface area contributed by atoms with Crippen LogP contribution in [0, 0.1) is 6.92 Å². The van der Waals surface area contributed by atoms with Crippen LogP contribution in [0.25, 0.3) is 10.6 Å². The number of nitrogens with one attached hydrogen (secondary N) is 1. The maximum absolute atomic E-state index is 12.9. The van der Waals surface area contributed by atoms with E-state index in [1.54, 1.807) is 19.6 Å². The van der Waals surface area contributed by atoms with E-state index < -0.39 is 0 Å². The minimum atomic E-state index is -0.213. The lowest BCUT2D eigenvalue weighted by molar-refractivity contribution is 0.0117. The van der Waals surface area contributed by atoms with Crippen LogP contribution in [0.5, 0.6) is 11.5 Å². The molecule has 1 aromatic carbocycles. The fraction of sp³-hybridized carbons (Fsp3) is 0.391. The highest BCUT2D eigenvalue weighted by Gasteiger charge is 2.26. The van der Waals surface area contributed by atoms with Crippen LogP contribution < -0.4 is 14.8 Å². The van der Waals surface area contributed by atoms with Gasteiger partial charge in [-0.05, 0) is 37.3 Å². The molecule has 1 atom stereocenters. The predicted molar refractivity (Wildman–Crippen MR) is 122 cm³/mol. The molecule has 32 heavy (non-hydrogen) atoms. The average Bonchev–Trinajstić information content (AvgIpc) is 3.49. The second kappa shape index (κ2) is 10.2. The van der Waals surface area contributed by atoms with Crippen molar-refractivity contribution in [1.82, 2.24) is 15.2 Å². The van der Waals surface area contributed by atoms with Crippen molar-refractivity contribution in [3.8, 4) is 22.1 Å². The summed E-state index contributed by atoms with van der Waals surface area (Å²) < 4.78 is 22.0. The van der Waals surface area contributed by atoms with E-state index in [0.29, 0.717) is 37.0 Å². The summed E-state index contributed by atoms with van der Waals surface area (Å²) in [6.45, 7) is 5.27. The topological polar surface area (TPSA) is 86.1 Å². The van der Waals surface area contributed by atoms with Crippen LogP contribution in [0.4, 0.5) is 0 Å². The standard InChI is InChI=1S/C23H27N3O5S/c1-15-4-6-19(31-15)18(26-8-10-30-11-9-26)13-24-22(27)17-14-32-23(25-17)16-5-7-20(28-2)21(12-16)29-3/h4-7,12,14,18H,8-11,13H2,1-3H3,(H,24,27). The summed E-state index contributed by atoms with van der Waals surface area (Å²) in [6.07, 6.45) is 0. The summed E-state index contributed by atoms with van der Waals surface area (Å²) >= 11 is 1.41. The van der Waals surface area contributed by atoms with Crippen LogP contribution in [0.1, 0.15) is 28.1 Å². The Kier molecular flexibility index (Phi) is 7.09. The molecule has 1 aliphatic heterocycles. The summed E-state index contributed by atoms with van der Waals surface area (Å²) in [5, 5.41) is 5.53. The SMILES string of the molecule is COc1ccc(-c2nc(C(=O)NCC(c3ccc(C)o3)N3CCOCC3)cs2)cc1OC. The highest BCUT2D eigenvalue weighted by molar-refractivity contribution is 7.13. The Balaban J connectivity index is 1.46. The Morgan fingerprint density at radius 2 is 1.97 bits per heavy atom. The summed E-state index contributed by atoms with van der Waals surface area (Å²) in [5.74, 6) is 2.74. The van der Waals surface area contributed by atoms with Crippen LogP contribution >= 0.6 is 11.3 Å². The van der Waals surface area contributed by atoms with E-state index in [0.717, 1.165) is 35.2 Å². The van der Waals surface area contributed by atoms with Gasteiger partial charge < -0.3 is 23.9 Å². The molecule has 0 spiro atoms. The number of amides is 1. The molecular formula is C23H27N3O5S. The van der Waals surface area contributed by atoms with Crippen molar-refractivity contribution in [2.75, 3.05) is 47.1 Å². The van der Waals surface area contributed by atoms with Gasteiger partial charge in [0.25, 0.3) is 5.91 Å². The molecule has 8 nitrogen and oxygen atoms in total. The Hall–Kier alpha value is -2.88.